The summed E-state index contributed by atoms with van der Waals surface area (Å²) in [4.78, 5) is 25.3. The van der Waals surface area contributed by atoms with E-state index in [4.69, 9.17) is 4.74 Å². The fourth-order valence-electron chi connectivity index (χ4n) is 3.10. The zero-order chi connectivity index (χ0) is 14.7. The van der Waals surface area contributed by atoms with Gasteiger partial charge in [-0.15, -0.1) is 0 Å². The van der Waals surface area contributed by atoms with E-state index in [-0.39, 0.29) is 18.0 Å². The van der Waals surface area contributed by atoms with E-state index in [9.17, 15) is 9.59 Å². The quantitative estimate of drug-likeness (QED) is 0.904. The Labute approximate surface area is 124 Å². The van der Waals surface area contributed by atoms with Gasteiger partial charge in [0.05, 0.1) is 0 Å². The van der Waals surface area contributed by atoms with Crippen LogP contribution < -0.4 is 5.32 Å². The minimum atomic E-state index is -0.259. The molecular weight excluding hydrogens is 268 g/mol. The molecule has 0 saturated carbocycles. The fourth-order valence-corrected chi connectivity index (χ4v) is 3.10. The molecule has 2 atom stereocenters. The SMILES string of the molecule is O=C1CC2CCN(C(=O)OCc3ccccc3)CCC2N1. The van der Waals surface area contributed by atoms with E-state index in [1.807, 2.05) is 30.3 Å². The lowest BCUT2D eigenvalue weighted by Gasteiger charge is -2.20. The smallest absolute Gasteiger partial charge is 0.410 e. The van der Waals surface area contributed by atoms with E-state index in [0.29, 0.717) is 32.0 Å². The summed E-state index contributed by atoms with van der Waals surface area (Å²) in [5, 5.41) is 3.00. The minimum Gasteiger partial charge on any atom is -0.445 e. The first-order valence-electron chi connectivity index (χ1n) is 7.47. The number of rotatable bonds is 2. The van der Waals surface area contributed by atoms with Crippen molar-refractivity contribution >= 4 is 12.0 Å². The van der Waals surface area contributed by atoms with Crippen molar-refractivity contribution in [1.82, 2.24) is 10.2 Å². The average Bonchev–Trinajstić information content (AvgIpc) is 2.74. The van der Waals surface area contributed by atoms with Crippen LogP contribution in [0, 0.1) is 5.92 Å². The largest absolute Gasteiger partial charge is 0.445 e. The molecule has 0 spiro atoms. The monoisotopic (exact) mass is 288 g/mol. The maximum atomic E-state index is 12.1. The number of ether oxygens (including phenoxy) is 1. The van der Waals surface area contributed by atoms with Crippen LogP contribution in [-0.4, -0.2) is 36.0 Å². The van der Waals surface area contributed by atoms with Crippen LogP contribution in [0.25, 0.3) is 0 Å². The lowest BCUT2D eigenvalue weighted by molar-refractivity contribution is -0.119. The van der Waals surface area contributed by atoms with Crippen LogP contribution in [-0.2, 0) is 16.1 Å². The molecule has 2 fully saturated rings. The molecule has 0 bridgehead atoms. The number of fused-ring (bicyclic) bond motifs is 1. The molecule has 2 aliphatic rings. The van der Waals surface area contributed by atoms with E-state index in [1.54, 1.807) is 4.90 Å². The Kier molecular flexibility index (Phi) is 4.08. The van der Waals surface area contributed by atoms with E-state index in [0.717, 1.165) is 18.4 Å². The van der Waals surface area contributed by atoms with Gasteiger partial charge in [0, 0.05) is 25.6 Å². The first-order valence-corrected chi connectivity index (χ1v) is 7.47. The summed E-state index contributed by atoms with van der Waals surface area (Å²) in [5.74, 6) is 0.509. The highest BCUT2D eigenvalue weighted by atomic mass is 16.6. The van der Waals surface area contributed by atoms with Gasteiger partial charge in [-0.25, -0.2) is 4.79 Å². The van der Waals surface area contributed by atoms with E-state index < -0.39 is 0 Å². The van der Waals surface area contributed by atoms with Crippen LogP contribution in [0.3, 0.4) is 0 Å². The normalized spacial score (nSPS) is 25.0. The highest BCUT2D eigenvalue weighted by molar-refractivity contribution is 5.79. The summed E-state index contributed by atoms with van der Waals surface area (Å²) in [5.41, 5.74) is 0.991. The second kappa shape index (κ2) is 6.16. The molecule has 112 valence electrons. The van der Waals surface area contributed by atoms with Crippen LogP contribution in [0.5, 0.6) is 0 Å². The van der Waals surface area contributed by atoms with E-state index in [2.05, 4.69) is 5.32 Å². The number of benzene rings is 1. The van der Waals surface area contributed by atoms with E-state index in [1.165, 1.54) is 0 Å². The third-order valence-electron chi connectivity index (χ3n) is 4.31. The van der Waals surface area contributed by atoms with Gasteiger partial charge < -0.3 is 15.0 Å². The maximum absolute atomic E-state index is 12.1. The number of amides is 2. The number of hydrogen-bond donors (Lipinski definition) is 1. The number of carbonyl (C=O) groups is 2. The van der Waals surface area contributed by atoms with Gasteiger partial charge in [-0.3, -0.25) is 4.79 Å². The standard InChI is InChI=1S/C16H20N2O3/c19-15-10-13-6-8-18(9-7-14(13)17-15)16(20)21-11-12-4-2-1-3-5-12/h1-5,13-14H,6-11H2,(H,17,19). The Morgan fingerprint density at radius 2 is 2.00 bits per heavy atom. The second-order valence-corrected chi connectivity index (χ2v) is 5.74. The molecule has 1 aromatic carbocycles. The van der Waals surface area contributed by atoms with Crippen LogP contribution >= 0.6 is 0 Å². The molecule has 2 saturated heterocycles. The van der Waals surface area contributed by atoms with Crippen molar-refractivity contribution in [3.05, 3.63) is 35.9 Å². The Bertz CT molecular complexity index is 500. The van der Waals surface area contributed by atoms with Crippen LogP contribution in [0.4, 0.5) is 4.79 Å². The molecule has 2 unspecified atom stereocenters. The summed E-state index contributed by atoms with van der Waals surface area (Å²) in [7, 11) is 0. The zero-order valence-electron chi connectivity index (χ0n) is 12.0. The number of likely N-dealkylation sites (tertiary alicyclic amines) is 1. The Balaban J connectivity index is 1.51. The van der Waals surface area contributed by atoms with Crippen molar-refractivity contribution in [1.29, 1.82) is 0 Å². The molecule has 2 aliphatic heterocycles. The molecule has 0 aromatic heterocycles. The summed E-state index contributed by atoms with van der Waals surface area (Å²) in [6.07, 6.45) is 2.02. The predicted molar refractivity (Wildman–Crippen MR) is 77.5 cm³/mol. The van der Waals surface area contributed by atoms with Crippen molar-refractivity contribution in [2.45, 2.75) is 31.9 Å². The number of carbonyl (C=O) groups excluding carboxylic acids is 2. The first-order chi connectivity index (χ1) is 10.2. The van der Waals surface area contributed by atoms with Gasteiger partial charge in [0.2, 0.25) is 5.91 Å². The van der Waals surface area contributed by atoms with Crippen LogP contribution in [0.2, 0.25) is 0 Å². The molecule has 5 nitrogen and oxygen atoms in total. The Morgan fingerprint density at radius 1 is 1.24 bits per heavy atom. The van der Waals surface area contributed by atoms with Gasteiger partial charge >= 0.3 is 6.09 Å². The minimum absolute atomic E-state index is 0.144. The molecule has 2 heterocycles. The van der Waals surface area contributed by atoms with Gasteiger partial charge in [-0.1, -0.05) is 30.3 Å². The van der Waals surface area contributed by atoms with Crippen molar-refractivity contribution in [3.63, 3.8) is 0 Å². The molecule has 3 rings (SSSR count). The molecular formula is C16H20N2O3. The summed E-state index contributed by atoms with van der Waals surface area (Å²) in [6.45, 7) is 1.62. The lowest BCUT2D eigenvalue weighted by Crippen LogP contribution is -2.34. The second-order valence-electron chi connectivity index (χ2n) is 5.74. The highest BCUT2D eigenvalue weighted by Gasteiger charge is 2.35. The Hall–Kier alpha value is -2.04. The van der Waals surface area contributed by atoms with Crippen molar-refractivity contribution in [2.75, 3.05) is 13.1 Å². The molecule has 1 N–H and O–H groups in total. The fraction of sp³-hybridized carbons (Fsp3) is 0.500. The Morgan fingerprint density at radius 3 is 2.81 bits per heavy atom. The number of nitrogens with zero attached hydrogens (tertiary/aromatic N) is 1. The van der Waals surface area contributed by atoms with Gasteiger partial charge in [0.1, 0.15) is 6.61 Å². The number of nitrogens with one attached hydrogen (secondary N) is 1. The van der Waals surface area contributed by atoms with Gasteiger partial charge in [-0.2, -0.15) is 0 Å². The van der Waals surface area contributed by atoms with Crippen molar-refractivity contribution < 1.29 is 14.3 Å². The zero-order valence-corrected chi connectivity index (χ0v) is 12.0. The van der Waals surface area contributed by atoms with Crippen LogP contribution in [0.15, 0.2) is 30.3 Å². The molecule has 2 amide bonds. The van der Waals surface area contributed by atoms with Gasteiger partial charge in [0.15, 0.2) is 0 Å². The maximum Gasteiger partial charge on any atom is 0.410 e. The number of hydrogen-bond acceptors (Lipinski definition) is 3. The van der Waals surface area contributed by atoms with Crippen molar-refractivity contribution in [3.8, 4) is 0 Å². The summed E-state index contributed by atoms with van der Waals surface area (Å²) < 4.78 is 5.37. The third-order valence-corrected chi connectivity index (χ3v) is 4.31. The summed E-state index contributed by atoms with van der Waals surface area (Å²) >= 11 is 0. The topological polar surface area (TPSA) is 58.6 Å². The third kappa shape index (κ3) is 3.35. The first kappa shape index (κ1) is 13.9. The average molecular weight is 288 g/mol. The molecule has 1 aromatic rings. The van der Waals surface area contributed by atoms with Gasteiger partial charge in [0.25, 0.3) is 0 Å². The highest BCUT2D eigenvalue weighted by Crippen LogP contribution is 2.26. The molecule has 21 heavy (non-hydrogen) atoms. The summed E-state index contributed by atoms with van der Waals surface area (Å²) in [6, 6.07) is 9.90. The van der Waals surface area contributed by atoms with Crippen LogP contribution in [0.1, 0.15) is 24.8 Å². The molecule has 0 radical (unpaired) electrons. The lowest BCUT2D eigenvalue weighted by atomic mass is 9.96. The molecule has 0 aliphatic carbocycles. The van der Waals surface area contributed by atoms with Gasteiger partial charge in [-0.05, 0) is 24.3 Å². The molecule has 5 heteroatoms. The van der Waals surface area contributed by atoms with Crippen molar-refractivity contribution in [2.24, 2.45) is 5.92 Å². The van der Waals surface area contributed by atoms with E-state index >= 15 is 0 Å². The predicted octanol–water partition coefficient (Wildman–Crippen LogP) is 1.92.